The Morgan fingerprint density at radius 1 is 1.41 bits per heavy atom. The molecular weight excluding hydrogens is 234 g/mol. The van der Waals surface area contributed by atoms with Gasteiger partial charge in [-0.3, -0.25) is 5.10 Å². The van der Waals surface area contributed by atoms with Gasteiger partial charge in [0.05, 0.1) is 0 Å². The average Bonchev–Trinajstić information content (AvgIpc) is 2.90. The summed E-state index contributed by atoms with van der Waals surface area (Å²) in [5, 5.41) is 18.0. The Balaban J connectivity index is 0.000000239. The zero-order valence-corrected chi connectivity index (χ0v) is 11.4. The van der Waals surface area contributed by atoms with Crippen LogP contribution in [-0.2, 0) is 10.2 Å². The first-order valence-corrected chi connectivity index (χ1v) is 6.55. The fraction of sp³-hybridized carbons (Fsp3) is 0.667. The molecule has 0 saturated carbocycles. The van der Waals surface area contributed by atoms with E-state index in [0.29, 0.717) is 0 Å². The lowest BCUT2D eigenvalue weighted by molar-refractivity contribution is 0.198. The second kappa shape index (κ2) is 6.67. The molecular formula is C12H19N3OS. The lowest BCUT2D eigenvalue weighted by Gasteiger charge is -2.14. The highest BCUT2D eigenvalue weighted by Gasteiger charge is 2.16. The van der Waals surface area contributed by atoms with Crippen LogP contribution in [0, 0.1) is 10.7 Å². The Bertz CT molecular complexity index is 364. The second-order valence-corrected chi connectivity index (χ2v) is 5.69. The summed E-state index contributed by atoms with van der Waals surface area (Å²) in [6.45, 7) is 8.30. The minimum absolute atomic E-state index is 0.0707. The molecule has 5 heteroatoms. The summed E-state index contributed by atoms with van der Waals surface area (Å²) < 4.78 is 4.94. The molecule has 0 amide bonds. The van der Waals surface area contributed by atoms with E-state index in [0.717, 1.165) is 35.7 Å². The van der Waals surface area contributed by atoms with Crippen molar-refractivity contribution in [3.63, 3.8) is 0 Å². The van der Waals surface area contributed by atoms with Crippen LogP contribution in [0.25, 0.3) is 0 Å². The Labute approximate surface area is 107 Å². The molecule has 94 valence electrons. The van der Waals surface area contributed by atoms with Crippen molar-refractivity contribution in [3.05, 3.63) is 11.8 Å². The Morgan fingerprint density at radius 3 is 2.41 bits per heavy atom. The molecule has 4 nitrogen and oxygen atoms in total. The predicted octanol–water partition coefficient (Wildman–Crippen LogP) is 3.08. The van der Waals surface area contributed by atoms with Crippen LogP contribution in [0.3, 0.4) is 0 Å². The Kier molecular flexibility index (Phi) is 5.52. The molecule has 0 atom stereocenters. The van der Waals surface area contributed by atoms with Crippen molar-refractivity contribution < 1.29 is 4.74 Å². The van der Waals surface area contributed by atoms with Gasteiger partial charge in [0, 0.05) is 36.1 Å². The molecule has 2 rings (SSSR count). The van der Waals surface area contributed by atoms with Gasteiger partial charge in [-0.2, -0.15) is 10.4 Å². The molecule has 2 heterocycles. The number of aromatic amines is 1. The fourth-order valence-electron chi connectivity index (χ4n) is 1.30. The Hall–Kier alpha value is -0.990. The third-order valence-corrected chi connectivity index (χ3v) is 2.85. The van der Waals surface area contributed by atoms with Crippen molar-refractivity contribution in [2.45, 2.75) is 44.1 Å². The summed E-state index contributed by atoms with van der Waals surface area (Å²) in [4.78, 5) is 0. The van der Waals surface area contributed by atoms with Crippen LogP contribution in [0.4, 0.5) is 0 Å². The first kappa shape index (κ1) is 14.1. The van der Waals surface area contributed by atoms with Gasteiger partial charge in [-0.15, -0.1) is 0 Å². The standard InChI is InChI=1S/C8H11N3S.C4H8O/c1-8(2,3)6-4-7(11-10-6)12-5-9;1-2-4-5-3-1/h4H,1-3H3,(H,10,11);1-4H2. The third-order valence-electron chi connectivity index (χ3n) is 2.34. The van der Waals surface area contributed by atoms with E-state index >= 15 is 0 Å². The number of nitrogens with zero attached hydrogens (tertiary/aromatic N) is 2. The van der Waals surface area contributed by atoms with E-state index in [1.807, 2.05) is 11.5 Å². The van der Waals surface area contributed by atoms with Gasteiger partial charge < -0.3 is 4.74 Å². The number of nitrogens with one attached hydrogen (secondary N) is 1. The number of rotatable bonds is 1. The van der Waals surface area contributed by atoms with Gasteiger partial charge in [-0.05, 0) is 18.9 Å². The molecule has 17 heavy (non-hydrogen) atoms. The molecule has 1 fully saturated rings. The summed E-state index contributed by atoms with van der Waals surface area (Å²) in [7, 11) is 0. The minimum atomic E-state index is 0.0707. The molecule has 0 aromatic carbocycles. The van der Waals surface area contributed by atoms with Crippen molar-refractivity contribution in [2.75, 3.05) is 13.2 Å². The molecule has 1 saturated heterocycles. The van der Waals surface area contributed by atoms with E-state index in [1.165, 1.54) is 12.8 Å². The molecule has 0 aliphatic carbocycles. The fourth-order valence-corrected chi connectivity index (χ4v) is 1.66. The number of thioether (sulfide) groups is 1. The van der Waals surface area contributed by atoms with Crippen LogP contribution in [-0.4, -0.2) is 23.4 Å². The maximum Gasteiger partial charge on any atom is 0.140 e. The second-order valence-electron chi connectivity index (χ2n) is 4.88. The maximum atomic E-state index is 8.39. The number of thiocyanates is 1. The van der Waals surface area contributed by atoms with Crippen LogP contribution < -0.4 is 0 Å². The molecule has 0 radical (unpaired) electrons. The summed E-state index contributed by atoms with van der Waals surface area (Å²) in [6, 6.07) is 1.91. The number of ether oxygens (including phenoxy) is 1. The lowest BCUT2D eigenvalue weighted by atomic mass is 9.93. The molecule has 1 aliphatic rings. The molecule has 0 spiro atoms. The maximum absolute atomic E-state index is 8.39. The molecule has 0 bridgehead atoms. The highest BCUT2D eigenvalue weighted by Crippen LogP contribution is 2.23. The third kappa shape index (κ3) is 5.24. The highest BCUT2D eigenvalue weighted by atomic mass is 32.2. The zero-order valence-electron chi connectivity index (χ0n) is 10.6. The van der Waals surface area contributed by atoms with Gasteiger partial charge >= 0.3 is 0 Å². The van der Waals surface area contributed by atoms with E-state index < -0.39 is 0 Å². The van der Waals surface area contributed by atoms with Crippen molar-refractivity contribution in [2.24, 2.45) is 0 Å². The van der Waals surface area contributed by atoms with E-state index in [1.54, 1.807) is 0 Å². The van der Waals surface area contributed by atoms with Gasteiger partial charge in [0.15, 0.2) is 0 Å². The Morgan fingerprint density at radius 2 is 2.06 bits per heavy atom. The molecule has 1 aromatic rings. The van der Waals surface area contributed by atoms with Crippen molar-refractivity contribution >= 4 is 11.8 Å². The van der Waals surface area contributed by atoms with Crippen LogP contribution in [0.15, 0.2) is 11.1 Å². The molecule has 1 aliphatic heterocycles. The summed E-state index contributed by atoms with van der Waals surface area (Å²) >= 11 is 1.08. The average molecular weight is 253 g/mol. The summed E-state index contributed by atoms with van der Waals surface area (Å²) in [5.74, 6) is 0. The molecule has 1 aromatic heterocycles. The van der Waals surface area contributed by atoms with Crippen molar-refractivity contribution in [1.29, 1.82) is 5.26 Å². The van der Waals surface area contributed by atoms with E-state index in [9.17, 15) is 0 Å². The monoisotopic (exact) mass is 253 g/mol. The first-order chi connectivity index (χ1) is 8.04. The number of nitriles is 1. The predicted molar refractivity (Wildman–Crippen MR) is 68.8 cm³/mol. The number of H-pyrrole nitrogens is 1. The van der Waals surface area contributed by atoms with Gasteiger partial charge in [0.1, 0.15) is 10.4 Å². The van der Waals surface area contributed by atoms with E-state index in [2.05, 4.69) is 31.0 Å². The summed E-state index contributed by atoms with van der Waals surface area (Å²) in [6.07, 6.45) is 2.56. The molecule has 0 unspecified atom stereocenters. The van der Waals surface area contributed by atoms with E-state index in [4.69, 9.17) is 10.00 Å². The SMILES string of the molecule is C1CCOC1.CC(C)(C)c1cc(SC#N)n[nH]1. The number of hydrogen-bond donors (Lipinski definition) is 1. The number of hydrogen-bond acceptors (Lipinski definition) is 4. The van der Waals surface area contributed by atoms with Crippen molar-refractivity contribution in [3.8, 4) is 5.40 Å². The normalized spacial score (nSPS) is 14.9. The first-order valence-electron chi connectivity index (χ1n) is 5.73. The van der Waals surface area contributed by atoms with Gasteiger partial charge in [-0.1, -0.05) is 20.8 Å². The summed E-state index contributed by atoms with van der Waals surface area (Å²) in [5.41, 5.74) is 1.13. The van der Waals surface area contributed by atoms with Gasteiger partial charge in [-0.25, -0.2) is 0 Å². The van der Waals surface area contributed by atoms with Crippen molar-refractivity contribution in [1.82, 2.24) is 10.2 Å². The van der Waals surface area contributed by atoms with Crippen LogP contribution >= 0.6 is 11.8 Å². The number of aromatic nitrogens is 2. The zero-order chi connectivity index (χ0) is 12.7. The van der Waals surface area contributed by atoms with Gasteiger partial charge in [0.2, 0.25) is 0 Å². The largest absolute Gasteiger partial charge is 0.381 e. The van der Waals surface area contributed by atoms with Crippen LogP contribution in [0.5, 0.6) is 0 Å². The lowest BCUT2D eigenvalue weighted by Crippen LogP contribution is -2.11. The van der Waals surface area contributed by atoms with Crippen LogP contribution in [0.1, 0.15) is 39.3 Å². The molecule has 1 N–H and O–H groups in total. The van der Waals surface area contributed by atoms with Gasteiger partial charge in [0.25, 0.3) is 0 Å². The smallest absolute Gasteiger partial charge is 0.140 e. The topological polar surface area (TPSA) is 61.7 Å². The van der Waals surface area contributed by atoms with Crippen LogP contribution in [0.2, 0.25) is 0 Å². The highest BCUT2D eigenvalue weighted by molar-refractivity contribution is 8.03. The van der Waals surface area contributed by atoms with E-state index in [-0.39, 0.29) is 5.41 Å². The minimum Gasteiger partial charge on any atom is -0.381 e. The quantitative estimate of drug-likeness (QED) is 0.617.